The number of esters is 1. The second kappa shape index (κ2) is 6.41. The van der Waals surface area contributed by atoms with Crippen LogP contribution in [0.5, 0.6) is 0 Å². The predicted octanol–water partition coefficient (Wildman–Crippen LogP) is 2.96. The Morgan fingerprint density at radius 3 is 2.65 bits per heavy atom. The minimum absolute atomic E-state index is 0.105. The summed E-state index contributed by atoms with van der Waals surface area (Å²) in [5, 5.41) is 9.45. The van der Waals surface area contributed by atoms with Crippen LogP contribution in [0.1, 0.15) is 5.56 Å². The standard InChI is InChI=1S/C15H14N3O2/c1-16-18-17-14(15(19)20-2)10-11-7-8-12-5-3-4-6-13(12)9-11/h3-10H,1-2H3/q+1. The van der Waals surface area contributed by atoms with Gasteiger partial charge in [-0.1, -0.05) is 36.4 Å². The molecule has 0 fully saturated rings. The molecule has 0 atom stereocenters. The summed E-state index contributed by atoms with van der Waals surface area (Å²) in [5.41, 5.74) is 0.951. The van der Waals surface area contributed by atoms with Gasteiger partial charge in [0, 0.05) is 0 Å². The summed E-state index contributed by atoms with van der Waals surface area (Å²) >= 11 is 0. The molecule has 0 N–H and O–H groups in total. The Bertz CT molecular complexity index is 725. The first-order valence-electron chi connectivity index (χ1n) is 6.03. The van der Waals surface area contributed by atoms with Gasteiger partial charge in [-0.2, -0.15) is 0 Å². The average Bonchev–Trinajstić information content (AvgIpc) is 2.50. The van der Waals surface area contributed by atoms with E-state index in [1.165, 1.54) is 14.2 Å². The fourth-order valence-corrected chi connectivity index (χ4v) is 1.78. The minimum atomic E-state index is -0.550. The molecule has 5 heteroatoms. The fourth-order valence-electron chi connectivity index (χ4n) is 1.78. The van der Waals surface area contributed by atoms with Gasteiger partial charge in [0.2, 0.25) is 10.6 Å². The van der Waals surface area contributed by atoms with Crippen LogP contribution in [0.15, 0.2) is 58.4 Å². The lowest BCUT2D eigenvalue weighted by atomic mass is 10.1. The lowest BCUT2D eigenvalue weighted by Gasteiger charge is -1.99. The zero-order valence-electron chi connectivity index (χ0n) is 11.3. The van der Waals surface area contributed by atoms with Crippen molar-refractivity contribution in [3.63, 3.8) is 0 Å². The van der Waals surface area contributed by atoms with Crippen LogP contribution in [-0.2, 0) is 9.53 Å². The molecule has 0 radical (unpaired) electrons. The highest BCUT2D eigenvalue weighted by atomic mass is 16.5. The van der Waals surface area contributed by atoms with Gasteiger partial charge in [-0.25, -0.2) is 4.79 Å². The normalized spacial score (nSPS) is 10.8. The summed E-state index contributed by atoms with van der Waals surface area (Å²) in [6.45, 7) is 0. The number of hydrogen-bond donors (Lipinski definition) is 0. The van der Waals surface area contributed by atoms with Gasteiger partial charge in [-0.05, 0) is 28.5 Å². The molecule has 0 bridgehead atoms. The Morgan fingerprint density at radius 1 is 1.20 bits per heavy atom. The number of carbonyl (C=O) groups is 1. The Labute approximate surface area is 116 Å². The first kappa shape index (κ1) is 13.6. The van der Waals surface area contributed by atoms with Crippen molar-refractivity contribution in [2.75, 3.05) is 14.2 Å². The lowest BCUT2D eigenvalue weighted by molar-refractivity contribution is -0.136. The second-order valence-corrected chi connectivity index (χ2v) is 4.02. The van der Waals surface area contributed by atoms with Crippen LogP contribution in [0.25, 0.3) is 16.8 Å². The third-order valence-electron chi connectivity index (χ3n) is 2.71. The maximum atomic E-state index is 11.6. The highest BCUT2D eigenvalue weighted by molar-refractivity contribution is 5.94. The third-order valence-corrected chi connectivity index (χ3v) is 2.71. The SMILES string of the molecule is CN=[N+]=NC(=Cc1ccc2ccccc2c1)C(=O)OC. The molecule has 100 valence electrons. The van der Waals surface area contributed by atoms with Crippen molar-refractivity contribution in [1.29, 1.82) is 0 Å². The molecule has 2 aromatic carbocycles. The molecule has 20 heavy (non-hydrogen) atoms. The van der Waals surface area contributed by atoms with E-state index in [2.05, 4.69) is 19.9 Å². The maximum absolute atomic E-state index is 11.6. The summed E-state index contributed by atoms with van der Waals surface area (Å²) in [5.74, 6) is -0.550. The molecule has 0 unspecified atom stereocenters. The van der Waals surface area contributed by atoms with Crippen LogP contribution in [0, 0.1) is 0 Å². The highest BCUT2D eigenvalue weighted by Gasteiger charge is 2.14. The van der Waals surface area contributed by atoms with E-state index in [0.29, 0.717) is 0 Å². The summed E-state index contributed by atoms with van der Waals surface area (Å²) in [6, 6.07) is 13.8. The summed E-state index contributed by atoms with van der Waals surface area (Å²) < 4.78 is 4.67. The molecule has 0 aliphatic heterocycles. The van der Waals surface area contributed by atoms with Crippen molar-refractivity contribution in [3.05, 3.63) is 53.7 Å². The van der Waals surface area contributed by atoms with Crippen LogP contribution in [-0.4, -0.2) is 20.1 Å². The van der Waals surface area contributed by atoms with Gasteiger partial charge >= 0.3 is 5.97 Å². The number of hydrogen-bond acceptors (Lipinski definition) is 4. The molecule has 0 aliphatic rings. The zero-order chi connectivity index (χ0) is 14.4. The zero-order valence-corrected chi connectivity index (χ0v) is 11.3. The topological polar surface area (TPSA) is 65.1 Å². The van der Waals surface area contributed by atoms with E-state index in [0.717, 1.165) is 16.3 Å². The van der Waals surface area contributed by atoms with E-state index in [1.54, 1.807) is 6.08 Å². The largest absolute Gasteiger partial charge is 0.464 e. The van der Waals surface area contributed by atoms with Gasteiger partial charge in [-0.3, -0.25) is 0 Å². The maximum Gasteiger partial charge on any atom is 0.364 e. The van der Waals surface area contributed by atoms with Crippen molar-refractivity contribution in [2.45, 2.75) is 0 Å². The number of ether oxygens (including phenoxy) is 1. The summed E-state index contributed by atoms with van der Waals surface area (Å²) in [6.07, 6.45) is 1.62. The number of nitrogens with zero attached hydrogens (tertiary/aromatic N) is 3. The van der Waals surface area contributed by atoms with Crippen molar-refractivity contribution in [2.24, 2.45) is 10.2 Å². The van der Waals surface area contributed by atoms with Gasteiger partial charge in [0.1, 0.15) is 12.2 Å². The number of fused-ring (bicyclic) bond motifs is 1. The molecule has 0 aromatic heterocycles. The molecule has 0 saturated carbocycles. The van der Waals surface area contributed by atoms with E-state index in [4.69, 9.17) is 0 Å². The third kappa shape index (κ3) is 3.16. The van der Waals surface area contributed by atoms with Gasteiger partial charge < -0.3 is 4.74 Å². The van der Waals surface area contributed by atoms with Crippen molar-refractivity contribution in [3.8, 4) is 0 Å². The quantitative estimate of drug-likeness (QED) is 0.372. The monoisotopic (exact) mass is 268 g/mol. The molecular formula is C15H14N3O2+. The van der Waals surface area contributed by atoms with Crippen molar-refractivity contribution < 1.29 is 9.53 Å². The Morgan fingerprint density at radius 2 is 1.95 bits per heavy atom. The van der Waals surface area contributed by atoms with Gasteiger partial charge in [0.25, 0.3) is 0 Å². The second-order valence-electron chi connectivity index (χ2n) is 4.02. The highest BCUT2D eigenvalue weighted by Crippen LogP contribution is 2.18. The fraction of sp³-hybridized carbons (Fsp3) is 0.133. The van der Waals surface area contributed by atoms with Crippen LogP contribution >= 0.6 is 0 Å². The minimum Gasteiger partial charge on any atom is -0.464 e. The molecule has 0 heterocycles. The van der Waals surface area contributed by atoms with Gasteiger partial charge in [0.15, 0.2) is 5.11 Å². The van der Waals surface area contributed by atoms with Crippen LogP contribution < -0.4 is 4.91 Å². The molecule has 0 amide bonds. The molecule has 0 spiro atoms. The molecule has 0 saturated heterocycles. The first-order chi connectivity index (χ1) is 9.74. The number of rotatable bonds is 3. The van der Waals surface area contributed by atoms with Crippen LogP contribution in [0.4, 0.5) is 0 Å². The molecule has 5 nitrogen and oxygen atoms in total. The van der Waals surface area contributed by atoms with E-state index < -0.39 is 5.97 Å². The van der Waals surface area contributed by atoms with Crippen molar-refractivity contribution >= 4 is 22.8 Å². The average molecular weight is 268 g/mol. The van der Waals surface area contributed by atoms with Crippen molar-refractivity contribution in [1.82, 2.24) is 4.91 Å². The summed E-state index contributed by atoms with van der Waals surface area (Å²) in [4.78, 5) is 15.1. The van der Waals surface area contributed by atoms with Crippen LogP contribution in [0.2, 0.25) is 0 Å². The Balaban J connectivity index is 2.47. The molecule has 2 rings (SSSR count). The van der Waals surface area contributed by atoms with E-state index in [-0.39, 0.29) is 5.70 Å². The van der Waals surface area contributed by atoms with Crippen LogP contribution in [0.3, 0.4) is 0 Å². The Hall–Kier alpha value is -2.78. The predicted molar refractivity (Wildman–Crippen MR) is 76.9 cm³/mol. The molecule has 2 aromatic rings. The van der Waals surface area contributed by atoms with E-state index >= 15 is 0 Å². The lowest BCUT2D eigenvalue weighted by Crippen LogP contribution is -2.02. The smallest absolute Gasteiger partial charge is 0.364 e. The number of benzene rings is 2. The number of methoxy groups -OCH3 is 1. The van der Waals surface area contributed by atoms with Gasteiger partial charge in [0.05, 0.1) is 7.11 Å². The Kier molecular flexibility index (Phi) is 4.37. The summed E-state index contributed by atoms with van der Waals surface area (Å²) in [7, 11) is 2.78. The first-order valence-corrected chi connectivity index (χ1v) is 6.03. The number of carbonyl (C=O) groups excluding carboxylic acids is 1. The van der Waals surface area contributed by atoms with E-state index in [9.17, 15) is 4.79 Å². The van der Waals surface area contributed by atoms with Gasteiger partial charge in [-0.15, -0.1) is 0 Å². The molecule has 0 aliphatic carbocycles. The molecular weight excluding hydrogens is 254 g/mol. The van der Waals surface area contributed by atoms with E-state index in [1.807, 2.05) is 42.5 Å².